The van der Waals surface area contributed by atoms with Crippen LogP contribution >= 0.6 is 15.9 Å². The Morgan fingerprint density at radius 1 is 1.05 bits per heavy atom. The fourth-order valence-corrected chi connectivity index (χ4v) is 2.37. The largest absolute Gasteiger partial charge is 0.469 e. The summed E-state index contributed by atoms with van der Waals surface area (Å²) in [6.45, 7) is 0. The fraction of sp³-hybridized carbons (Fsp3) is 0.176. The van der Waals surface area contributed by atoms with Crippen molar-refractivity contribution in [2.24, 2.45) is 0 Å². The van der Waals surface area contributed by atoms with Gasteiger partial charge >= 0.3 is 5.97 Å². The number of benzene rings is 2. The number of Topliss-reactive ketones (excluding diaryl/α,β-unsaturated/α-hetero) is 1. The molecule has 0 saturated heterocycles. The van der Waals surface area contributed by atoms with Gasteiger partial charge in [0.15, 0.2) is 5.78 Å². The molecule has 0 aliphatic carbocycles. The molecule has 0 aliphatic heterocycles. The standard InChI is InChI=1S/C17H15BrO3/c1-21-17(20)15(12-5-3-2-4-6-12)11-16(19)13-7-9-14(18)10-8-13/h2-10,15H,11H2,1H3. The summed E-state index contributed by atoms with van der Waals surface area (Å²) < 4.78 is 5.73. The van der Waals surface area contributed by atoms with Crippen molar-refractivity contribution in [3.05, 3.63) is 70.2 Å². The third-order valence-electron chi connectivity index (χ3n) is 3.24. The molecule has 0 heterocycles. The summed E-state index contributed by atoms with van der Waals surface area (Å²) in [6, 6.07) is 16.3. The molecule has 0 spiro atoms. The lowest BCUT2D eigenvalue weighted by Crippen LogP contribution is -2.18. The van der Waals surface area contributed by atoms with Gasteiger partial charge in [-0.25, -0.2) is 0 Å². The van der Waals surface area contributed by atoms with Crippen LogP contribution in [-0.4, -0.2) is 18.9 Å². The van der Waals surface area contributed by atoms with Crippen LogP contribution in [0.1, 0.15) is 28.3 Å². The normalized spacial score (nSPS) is 11.7. The summed E-state index contributed by atoms with van der Waals surface area (Å²) in [4.78, 5) is 24.3. The van der Waals surface area contributed by atoms with Crippen molar-refractivity contribution in [3.8, 4) is 0 Å². The Balaban J connectivity index is 2.21. The zero-order valence-corrected chi connectivity index (χ0v) is 13.2. The summed E-state index contributed by atoms with van der Waals surface area (Å²) in [5, 5.41) is 0. The van der Waals surface area contributed by atoms with Crippen molar-refractivity contribution >= 4 is 27.7 Å². The quantitative estimate of drug-likeness (QED) is 0.607. The van der Waals surface area contributed by atoms with Gasteiger partial charge in [-0.05, 0) is 17.7 Å². The van der Waals surface area contributed by atoms with Crippen LogP contribution in [0.3, 0.4) is 0 Å². The molecule has 0 N–H and O–H groups in total. The Labute approximate surface area is 132 Å². The molecule has 2 aromatic carbocycles. The lowest BCUT2D eigenvalue weighted by atomic mass is 9.91. The summed E-state index contributed by atoms with van der Waals surface area (Å²) in [5.41, 5.74) is 1.37. The van der Waals surface area contributed by atoms with Crippen molar-refractivity contribution in [2.75, 3.05) is 7.11 Å². The molecule has 0 bridgehead atoms. The van der Waals surface area contributed by atoms with Gasteiger partial charge in [0.2, 0.25) is 0 Å². The average molecular weight is 347 g/mol. The third kappa shape index (κ3) is 4.02. The van der Waals surface area contributed by atoms with Gasteiger partial charge in [0.1, 0.15) is 0 Å². The average Bonchev–Trinajstić information content (AvgIpc) is 2.53. The van der Waals surface area contributed by atoms with Crippen LogP contribution in [0.2, 0.25) is 0 Å². The van der Waals surface area contributed by atoms with E-state index in [0.717, 1.165) is 10.0 Å². The summed E-state index contributed by atoms with van der Waals surface area (Å²) in [5.74, 6) is -1.05. The van der Waals surface area contributed by atoms with E-state index >= 15 is 0 Å². The van der Waals surface area contributed by atoms with Crippen LogP contribution in [0.25, 0.3) is 0 Å². The zero-order valence-electron chi connectivity index (χ0n) is 11.6. The summed E-state index contributed by atoms with van der Waals surface area (Å²) in [7, 11) is 1.34. The molecule has 0 aliphatic rings. The second-order valence-corrected chi connectivity index (χ2v) is 5.54. The van der Waals surface area contributed by atoms with E-state index in [2.05, 4.69) is 15.9 Å². The molecular weight excluding hydrogens is 332 g/mol. The molecule has 0 aromatic heterocycles. The van der Waals surface area contributed by atoms with E-state index in [0.29, 0.717) is 5.56 Å². The van der Waals surface area contributed by atoms with E-state index in [1.807, 2.05) is 42.5 Å². The first-order chi connectivity index (χ1) is 10.1. The molecule has 108 valence electrons. The summed E-state index contributed by atoms with van der Waals surface area (Å²) in [6.07, 6.45) is 0.0956. The lowest BCUT2D eigenvalue weighted by molar-refractivity contribution is -0.142. The number of ether oxygens (including phenoxy) is 1. The number of hydrogen-bond donors (Lipinski definition) is 0. The molecule has 0 radical (unpaired) electrons. The maximum atomic E-state index is 12.3. The molecule has 3 nitrogen and oxygen atoms in total. The molecule has 1 atom stereocenters. The topological polar surface area (TPSA) is 43.4 Å². The highest BCUT2D eigenvalue weighted by Crippen LogP contribution is 2.23. The van der Waals surface area contributed by atoms with Gasteiger partial charge in [-0.1, -0.05) is 58.4 Å². The molecule has 1 unspecified atom stereocenters. The Morgan fingerprint density at radius 3 is 2.24 bits per heavy atom. The molecule has 2 aromatic rings. The van der Waals surface area contributed by atoms with Crippen molar-refractivity contribution in [1.29, 1.82) is 0 Å². The van der Waals surface area contributed by atoms with E-state index < -0.39 is 11.9 Å². The van der Waals surface area contributed by atoms with Gasteiger partial charge in [-0.2, -0.15) is 0 Å². The highest BCUT2D eigenvalue weighted by Gasteiger charge is 2.24. The Kier molecular flexibility index (Phi) is 5.28. The highest BCUT2D eigenvalue weighted by atomic mass is 79.9. The zero-order chi connectivity index (χ0) is 15.2. The minimum absolute atomic E-state index is 0.0817. The molecule has 0 amide bonds. The van der Waals surface area contributed by atoms with Crippen molar-refractivity contribution in [1.82, 2.24) is 0 Å². The first kappa shape index (κ1) is 15.4. The number of methoxy groups -OCH3 is 1. The van der Waals surface area contributed by atoms with E-state index in [-0.39, 0.29) is 12.2 Å². The number of esters is 1. The van der Waals surface area contributed by atoms with Gasteiger partial charge in [0.25, 0.3) is 0 Å². The van der Waals surface area contributed by atoms with E-state index in [4.69, 9.17) is 4.74 Å². The number of rotatable bonds is 5. The van der Waals surface area contributed by atoms with Crippen LogP contribution in [0.5, 0.6) is 0 Å². The van der Waals surface area contributed by atoms with E-state index in [1.54, 1.807) is 12.1 Å². The minimum Gasteiger partial charge on any atom is -0.469 e. The molecule has 4 heteroatoms. The van der Waals surface area contributed by atoms with Crippen LogP contribution in [-0.2, 0) is 9.53 Å². The van der Waals surface area contributed by atoms with Gasteiger partial charge in [-0.15, -0.1) is 0 Å². The fourth-order valence-electron chi connectivity index (χ4n) is 2.10. The van der Waals surface area contributed by atoms with Crippen LogP contribution in [0.15, 0.2) is 59.1 Å². The number of halogens is 1. The van der Waals surface area contributed by atoms with Gasteiger partial charge in [-0.3, -0.25) is 9.59 Å². The van der Waals surface area contributed by atoms with Crippen molar-refractivity contribution in [3.63, 3.8) is 0 Å². The molecule has 21 heavy (non-hydrogen) atoms. The van der Waals surface area contributed by atoms with E-state index in [9.17, 15) is 9.59 Å². The highest BCUT2D eigenvalue weighted by molar-refractivity contribution is 9.10. The van der Waals surface area contributed by atoms with Gasteiger partial charge < -0.3 is 4.74 Å². The first-order valence-electron chi connectivity index (χ1n) is 6.53. The second-order valence-electron chi connectivity index (χ2n) is 4.62. The molecular formula is C17H15BrO3. The lowest BCUT2D eigenvalue weighted by Gasteiger charge is -2.14. The second kappa shape index (κ2) is 7.18. The van der Waals surface area contributed by atoms with Crippen molar-refractivity contribution in [2.45, 2.75) is 12.3 Å². The van der Waals surface area contributed by atoms with Crippen molar-refractivity contribution < 1.29 is 14.3 Å². The predicted molar refractivity (Wildman–Crippen MR) is 84.3 cm³/mol. The number of carbonyl (C=O) groups is 2. The number of ketones is 1. The predicted octanol–water partition coefficient (Wildman–Crippen LogP) is 3.98. The molecule has 2 rings (SSSR count). The third-order valence-corrected chi connectivity index (χ3v) is 3.77. The first-order valence-corrected chi connectivity index (χ1v) is 7.32. The van der Waals surface area contributed by atoms with Crippen LogP contribution in [0, 0.1) is 0 Å². The maximum absolute atomic E-state index is 12.3. The molecule has 0 fully saturated rings. The SMILES string of the molecule is COC(=O)C(CC(=O)c1ccc(Br)cc1)c1ccccc1. The van der Waals surface area contributed by atoms with E-state index in [1.165, 1.54) is 7.11 Å². The Morgan fingerprint density at radius 2 is 1.67 bits per heavy atom. The minimum atomic E-state index is -0.577. The van der Waals surface area contributed by atoms with Gasteiger partial charge in [0.05, 0.1) is 13.0 Å². The Hall–Kier alpha value is -1.94. The number of hydrogen-bond acceptors (Lipinski definition) is 3. The monoisotopic (exact) mass is 346 g/mol. The maximum Gasteiger partial charge on any atom is 0.313 e. The Bertz CT molecular complexity index is 620. The molecule has 0 saturated carbocycles. The van der Waals surface area contributed by atoms with Crippen LogP contribution < -0.4 is 0 Å². The summed E-state index contributed by atoms with van der Waals surface area (Å²) >= 11 is 3.33. The smallest absolute Gasteiger partial charge is 0.313 e. The van der Waals surface area contributed by atoms with Crippen LogP contribution in [0.4, 0.5) is 0 Å². The van der Waals surface area contributed by atoms with Gasteiger partial charge in [0, 0.05) is 16.5 Å². The number of carbonyl (C=O) groups excluding carboxylic acids is 2.